The van der Waals surface area contributed by atoms with Crippen LogP contribution in [0.25, 0.3) is 0 Å². The summed E-state index contributed by atoms with van der Waals surface area (Å²) in [4.78, 5) is 11.1. The smallest absolute Gasteiger partial charge is 0.416 e. The quantitative estimate of drug-likeness (QED) is 0.626. The van der Waals surface area contributed by atoms with Crippen LogP contribution >= 0.6 is 24.0 Å². The van der Waals surface area contributed by atoms with Gasteiger partial charge in [0, 0.05) is 5.56 Å². The minimum Gasteiger partial charge on any atom is -0.462 e. The molecule has 0 heterocycles. The van der Waals surface area contributed by atoms with E-state index < -0.39 is 52.7 Å². The summed E-state index contributed by atoms with van der Waals surface area (Å²) in [6.07, 6.45) is -5.16. The van der Waals surface area contributed by atoms with E-state index in [1.54, 1.807) is 0 Å². The van der Waals surface area contributed by atoms with Crippen molar-refractivity contribution in [3.05, 3.63) is 34.1 Å². The van der Waals surface area contributed by atoms with Crippen molar-refractivity contribution in [3.63, 3.8) is 0 Å². The number of carbonyl (C=O) groups is 1. The average Bonchev–Trinajstić information content (AvgIpc) is 2.39. The lowest BCUT2D eigenvalue weighted by Crippen LogP contribution is -2.43. The van der Waals surface area contributed by atoms with Gasteiger partial charge in [0.2, 0.25) is 0 Å². The van der Waals surface area contributed by atoms with E-state index in [1.165, 1.54) is 6.92 Å². The first kappa shape index (κ1) is 21.8. The van der Waals surface area contributed by atoms with Crippen LogP contribution in [0.1, 0.15) is 24.1 Å². The Kier molecular flexibility index (Phi) is 7.19. The van der Waals surface area contributed by atoms with E-state index in [2.05, 4.69) is 4.74 Å². The van der Waals surface area contributed by atoms with Crippen LogP contribution in [0.15, 0.2) is 12.1 Å². The molecule has 1 aromatic rings. The van der Waals surface area contributed by atoms with Crippen LogP contribution in [-0.4, -0.2) is 18.5 Å². The predicted octanol–water partition coefficient (Wildman–Crippen LogP) is 4.12. The largest absolute Gasteiger partial charge is 0.462 e. The van der Waals surface area contributed by atoms with E-state index in [0.717, 1.165) is 0 Å². The number of benzene rings is 1. The molecule has 0 radical (unpaired) electrons. The maximum atomic E-state index is 13.8. The lowest BCUT2D eigenvalue weighted by molar-refractivity contribution is -0.175. The standard InChI is InChI=1S/C12H10ClF6NO2.ClH/c1-2-22-10(21)11(15,16)9(20)7-5(12(17,18)19)3-4-6(13)8(7)14;/h3-4,9H,2,20H2,1H3;1H/t9-;/m1./s1. The van der Waals surface area contributed by atoms with Gasteiger partial charge in [0.15, 0.2) is 0 Å². The summed E-state index contributed by atoms with van der Waals surface area (Å²) in [5.41, 5.74) is 1.68. The van der Waals surface area contributed by atoms with Crippen molar-refractivity contribution in [3.8, 4) is 0 Å². The van der Waals surface area contributed by atoms with Gasteiger partial charge < -0.3 is 10.5 Å². The highest BCUT2D eigenvalue weighted by Crippen LogP contribution is 2.41. The first-order valence-corrected chi connectivity index (χ1v) is 6.18. The first-order chi connectivity index (χ1) is 9.94. The maximum Gasteiger partial charge on any atom is 0.416 e. The number of esters is 1. The molecule has 0 aromatic heterocycles. The molecule has 0 aliphatic rings. The third-order valence-corrected chi connectivity index (χ3v) is 2.98. The third-order valence-electron chi connectivity index (χ3n) is 2.69. The molecule has 132 valence electrons. The van der Waals surface area contributed by atoms with E-state index >= 15 is 0 Å². The monoisotopic (exact) mass is 385 g/mol. The number of ether oxygens (including phenoxy) is 1. The summed E-state index contributed by atoms with van der Waals surface area (Å²) in [5.74, 6) is -8.50. The zero-order chi connectivity index (χ0) is 17.3. The van der Waals surface area contributed by atoms with Gasteiger partial charge in [0.1, 0.15) is 11.9 Å². The molecule has 11 heteroatoms. The van der Waals surface area contributed by atoms with Crippen molar-refractivity contribution in [1.82, 2.24) is 0 Å². The number of alkyl halides is 5. The van der Waals surface area contributed by atoms with Crippen LogP contribution in [-0.2, 0) is 15.7 Å². The van der Waals surface area contributed by atoms with Gasteiger partial charge in [-0.1, -0.05) is 11.6 Å². The molecule has 0 unspecified atom stereocenters. The maximum absolute atomic E-state index is 13.8. The van der Waals surface area contributed by atoms with Crippen LogP contribution in [0.3, 0.4) is 0 Å². The molecule has 0 amide bonds. The van der Waals surface area contributed by atoms with E-state index in [0.29, 0.717) is 12.1 Å². The molecule has 1 aromatic carbocycles. The van der Waals surface area contributed by atoms with E-state index in [9.17, 15) is 31.1 Å². The van der Waals surface area contributed by atoms with Crippen LogP contribution in [0, 0.1) is 5.82 Å². The number of nitrogens with two attached hydrogens (primary N) is 1. The Bertz CT molecular complexity index is 579. The molecule has 0 aliphatic carbocycles. The molecule has 0 saturated carbocycles. The Morgan fingerprint density at radius 2 is 1.83 bits per heavy atom. The molecule has 1 atom stereocenters. The normalized spacial score (nSPS) is 13.3. The van der Waals surface area contributed by atoms with Crippen molar-refractivity contribution in [2.45, 2.75) is 25.1 Å². The lowest BCUT2D eigenvalue weighted by Gasteiger charge is -2.25. The molecule has 0 saturated heterocycles. The third kappa shape index (κ3) is 4.42. The molecular weight excluding hydrogens is 375 g/mol. The van der Waals surface area contributed by atoms with Gasteiger partial charge in [0.25, 0.3) is 0 Å². The summed E-state index contributed by atoms with van der Waals surface area (Å²) in [7, 11) is 0. The predicted molar refractivity (Wildman–Crippen MR) is 72.2 cm³/mol. The van der Waals surface area contributed by atoms with Gasteiger partial charge in [-0.25, -0.2) is 9.18 Å². The van der Waals surface area contributed by atoms with Crippen LogP contribution < -0.4 is 5.73 Å². The molecule has 2 N–H and O–H groups in total. The van der Waals surface area contributed by atoms with Crippen molar-refractivity contribution in [2.75, 3.05) is 6.61 Å². The number of halogens is 8. The van der Waals surface area contributed by atoms with Gasteiger partial charge in [-0.3, -0.25) is 0 Å². The highest BCUT2D eigenvalue weighted by molar-refractivity contribution is 6.30. The van der Waals surface area contributed by atoms with E-state index in [-0.39, 0.29) is 12.4 Å². The highest BCUT2D eigenvalue weighted by Gasteiger charge is 2.51. The fourth-order valence-electron chi connectivity index (χ4n) is 1.65. The van der Waals surface area contributed by atoms with Crippen LogP contribution in [0.5, 0.6) is 0 Å². The summed E-state index contributed by atoms with van der Waals surface area (Å²) in [6.45, 7) is 0.756. The Morgan fingerprint density at radius 1 is 1.30 bits per heavy atom. The van der Waals surface area contributed by atoms with Gasteiger partial charge >= 0.3 is 18.1 Å². The van der Waals surface area contributed by atoms with Crippen molar-refractivity contribution >= 4 is 30.0 Å². The molecule has 23 heavy (non-hydrogen) atoms. The van der Waals surface area contributed by atoms with Crippen molar-refractivity contribution in [1.29, 1.82) is 0 Å². The topological polar surface area (TPSA) is 52.3 Å². The summed E-state index contributed by atoms with van der Waals surface area (Å²) >= 11 is 5.31. The highest BCUT2D eigenvalue weighted by atomic mass is 35.5. The molecular formula is C12H11Cl2F6NO2. The van der Waals surface area contributed by atoms with Crippen LogP contribution in [0.4, 0.5) is 26.3 Å². The molecule has 0 fully saturated rings. The number of hydrogen-bond donors (Lipinski definition) is 1. The minimum atomic E-state index is -5.16. The number of carbonyl (C=O) groups excluding carboxylic acids is 1. The fourth-order valence-corrected chi connectivity index (χ4v) is 1.82. The van der Waals surface area contributed by atoms with Crippen molar-refractivity contribution in [2.24, 2.45) is 5.73 Å². The summed E-state index contributed by atoms with van der Waals surface area (Å²) in [5, 5.41) is -0.835. The first-order valence-electron chi connectivity index (χ1n) is 5.80. The second-order valence-corrected chi connectivity index (χ2v) is 4.55. The summed E-state index contributed by atoms with van der Waals surface area (Å²) in [6, 6.07) is -2.05. The zero-order valence-corrected chi connectivity index (χ0v) is 13.0. The summed E-state index contributed by atoms with van der Waals surface area (Å²) < 4.78 is 83.9. The molecule has 0 aliphatic heterocycles. The Balaban J connectivity index is 0.00000484. The van der Waals surface area contributed by atoms with Gasteiger partial charge in [-0.15, -0.1) is 12.4 Å². The second kappa shape index (κ2) is 7.59. The van der Waals surface area contributed by atoms with Gasteiger partial charge in [-0.05, 0) is 19.1 Å². The van der Waals surface area contributed by atoms with E-state index in [4.69, 9.17) is 17.3 Å². The molecule has 0 bridgehead atoms. The molecule has 3 nitrogen and oxygen atoms in total. The number of rotatable bonds is 4. The van der Waals surface area contributed by atoms with Crippen molar-refractivity contribution < 1.29 is 35.9 Å². The zero-order valence-electron chi connectivity index (χ0n) is 11.4. The SMILES string of the molecule is CCOC(=O)C(F)(F)[C@H](N)c1c(C(F)(F)F)ccc(Cl)c1F.Cl. The van der Waals surface area contributed by atoms with Gasteiger partial charge in [0.05, 0.1) is 17.2 Å². The lowest BCUT2D eigenvalue weighted by atomic mass is 9.95. The Labute approximate surface area is 138 Å². The molecule has 1 rings (SSSR count). The number of hydrogen-bond acceptors (Lipinski definition) is 3. The minimum absolute atomic E-state index is 0. The van der Waals surface area contributed by atoms with Crippen LogP contribution in [0.2, 0.25) is 5.02 Å². The average molecular weight is 386 g/mol. The van der Waals surface area contributed by atoms with E-state index in [1.807, 2.05) is 0 Å². The Hall–Kier alpha value is -1.19. The Morgan fingerprint density at radius 3 is 2.26 bits per heavy atom. The second-order valence-electron chi connectivity index (χ2n) is 4.14. The molecule has 0 spiro atoms. The van der Waals surface area contributed by atoms with Gasteiger partial charge in [-0.2, -0.15) is 22.0 Å². The fraction of sp³-hybridized carbons (Fsp3) is 0.417.